The minimum atomic E-state index is 0.289. The van der Waals surface area contributed by atoms with E-state index >= 15 is 0 Å². The second-order valence-electron chi connectivity index (χ2n) is 8.34. The second-order valence-corrected chi connectivity index (χ2v) is 8.34. The third-order valence-corrected chi connectivity index (χ3v) is 6.30. The molecule has 0 fully saturated rings. The molecule has 0 spiro atoms. The molecular weight excluding hydrogens is 402 g/mol. The third-order valence-electron chi connectivity index (χ3n) is 6.30. The van der Waals surface area contributed by atoms with Crippen LogP contribution in [0.15, 0.2) is 60.8 Å². The summed E-state index contributed by atoms with van der Waals surface area (Å²) >= 11 is 0. The summed E-state index contributed by atoms with van der Waals surface area (Å²) in [7, 11) is 1.68. The number of nitrogens with zero attached hydrogens (tertiary/aromatic N) is 1. The highest BCUT2D eigenvalue weighted by atomic mass is 16.7. The summed E-state index contributed by atoms with van der Waals surface area (Å²) < 4.78 is 25.5. The minimum absolute atomic E-state index is 0.289. The monoisotopic (exact) mass is 426 g/mol. The van der Waals surface area contributed by atoms with Gasteiger partial charge in [-0.15, -0.1) is 0 Å². The number of aryl methyl sites for hydroxylation is 3. The molecule has 0 saturated carbocycles. The van der Waals surface area contributed by atoms with E-state index in [2.05, 4.69) is 66.2 Å². The van der Waals surface area contributed by atoms with Crippen molar-refractivity contribution in [3.05, 3.63) is 77.5 Å². The number of methoxy groups -OCH3 is 1. The zero-order valence-electron chi connectivity index (χ0n) is 18.2. The fourth-order valence-corrected chi connectivity index (χ4v) is 4.55. The van der Waals surface area contributed by atoms with Gasteiger partial charge in [-0.1, -0.05) is 29.8 Å². The average molecular weight is 426 g/mol. The van der Waals surface area contributed by atoms with Gasteiger partial charge in [-0.25, -0.2) is 0 Å². The highest BCUT2D eigenvalue weighted by Crippen LogP contribution is 2.41. The van der Waals surface area contributed by atoms with Gasteiger partial charge >= 0.3 is 0 Å². The van der Waals surface area contributed by atoms with E-state index in [1.165, 1.54) is 22.4 Å². The Morgan fingerprint density at radius 2 is 1.78 bits per heavy atom. The first kappa shape index (κ1) is 19.0. The van der Waals surface area contributed by atoms with Crippen molar-refractivity contribution in [2.75, 3.05) is 13.9 Å². The zero-order chi connectivity index (χ0) is 21.7. The lowest BCUT2D eigenvalue weighted by atomic mass is 9.95. The maximum atomic E-state index is 6.31. The first-order valence-corrected chi connectivity index (χ1v) is 10.8. The highest BCUT2D eigenvalue weighted by molar-refractivity contribution is 5.91. The van der Waals surface area contributed by atoms with Gasteiger partial charge in [0.15, 0.2) is 35.7 Å². The zero-order valence-corrected chi connectivity index (χ0v) is 18.2. The standard InChI is InChI=1S/C27H24NO4/c1-17-3-5-18(6-4-17)15-30-27-22-14-28-10-9-20-12-25-26(32-16-31-25)13-21(20)23(28)11-19(22)7-8-24(27)29-2/h3-8,11-14H,9-10,15-16H2,1-2H3/q+1. The summed E-state index contributed by atoms with van der Waals surface area (Å²) in [6.45, 7) is 3.76. The molecular formula is C27H24NO4+. The van der Waals surface area contributed by atoms with Crippen LogP contribution in [0.3, 0.4) is 0 Å². The summed E-state index contributed by atoms with van der Waals surface area (Å²) in [5.41, 5.74) is 6.03. The molecule has 0 bridgehead atoms. The van der Waals surface area contributed by atoms with Crippen LogP contribution in [0.4, 0.5) is 0 Å². The van der Waals surface area contributed by atoms with Crippen molar-refractivity contribution in [1.82, 2.24) is 0 Å². The summed E-state index contributed by atoms with van der Waals surface area (Å²) in [4.78, 5) is 0. The van der Waals surface area contributed by atoms with Crippen molar-refractivity contribution in [1.29, 1.82) is 0 Å². The van der Waals surface area contributed by atoms with Crippen LogP contribution < -0.4 is 23.5 Å². The Kier molecular flexibility index (Phi) is 4.42. The van der Waals surface area contributed by atoms with Crippen molar-refractivity contribution in [3.63, 3.8) is 0 Å². The smallest absolute Gasteiger partial charge is 0.231 e. The quantitative estimate of drug-likeness (QED) is 0.432. The normalized spacial score (nSPS) is 13.6. The summed E-state index contributed by atoms with van der Waals surface area (Å²) in [6.07, 6.45) is 3.13. The van der Waals surface area contributed by atoms with Crippen molar-refractivity contribution in [3.8, 4) is 34.3 Å². The van der Waals surface area contributed by atoms with Crippen LogP contribution in [0.5, 0.6) is 23.0 Å². The lowest BCUT2D eigenvalue weighted by Crippen LogP contribution is -2.40. The van der Waals surface area contributed by atoms with Gasteiger partial charge in [0.1, 0.15) is 6.61 Å². The maximum absolute atomic E-state index is 6.31. The van der Waals surface area contributed by atoms with Gasteiger partial charge in [0.25, 0.3) is 0 Å². The molecule has 3 aromatic carbocycles. The summed E-state index contributed by atoms with van der Waals surface area (Å²) in [5.74, 6) is 3.17. The molecule has 0 atom stereocenters. The van der Waals surface area contributed by atoms with E-state index in [1.54, 1.807) is 7.11 Å². The number of hydrogen-bond donors (Lipinski definition) is 0. The SMILES string of the molecule is COc1ccc2cc3[n+](cc2c1OCc1ccc(C)cc1)CCc1cc2c(cc1-3)OCO2. The predicted octanol–water partition coefficient (Wildman–Crippen LogP) is 4.98. The number of pyridine rings is 1. The molecule has 0 amide bonds. The molecule has 32 heavy (non-hydrogen) atoms. The lowest BCUT2D eigenvalue weighted by molar-refractivity contribution is -0.686. The molecule has 2 aliphatic heterocycles. The first-order valence-electron chi connectivity index (χ1n) is 10.8. The fraction of sp³-hybridized carbons (Fsp3) is 0.222. The largest absolute Gasteiger partial charge is 0.493 e. The van der Waals surface area contributed by atoms with E-state index in [-0.39, 0.29) is 6.79 Å². The maximum Gasteiger partial charge on any atom is 0.231 e. The van der Waals surface area contributed by atoms with Gasteiger partial charge in [-0.2, -0.15) is 4.57 Å². The molecule has 5 heteroatoms. The number of rotatable bonds is 4. The number of ether oxygens (including phenoxy) is 4. The lowest BCUT2D eigenvalue weighted by Gasteiger charge is -2.18. The molecule has 5 nitrogen and oxygen atoms in total. The summed E-state index contributed by atoms with van der Waals surface area (Å²) in [5, 5.41) is 2.16. The van der Waals surface area contributed by atoms with Gasteiger partial charge in [-0.3, -0.25) is 0 Å². The van der Waals surface area contributed by atoms with E-state index < -0.39 is 0 Å². The average Bonchev–Trinajstić information content (AvgIpc) is 3.28. The van der Waals surface area contributed by atoms with Crippen LogP contribution in [-0.2, 0) is 19.6 Å². The Bertz CT molecular complexity index is 1340. The van der Waals surface area contributed by atoms with Gasteiger partial charge in [0.2, 0.25) is 12.5 Å². The molecule has 0 saturated heterocycles. The molecule has 0 N–H and O–H groups in total. The Hall–Kier alpha value is -3.73. The second kappa shape index (κ2) is 7.45. The predicted molar refractivity (Wildman–Crippen MR) is 121 cm³/mol. The van der Waals surface area contributed by atoms with Crippen molar-refractivity contribution >= 4 is 10.8 Å². The number of aromatic nitrogens is 1. The number of fused-ring (bicyclic) bond motifs is 5. The molecule has 0 aliphatic carbocycles. The van der Waals surface area contributed by atoms with E-state index in [9.17, 15) is 0 Å². The molecule has 2 aliphatic rings. The van der Waals surface area contributed by atoms with Crippen molar-refractivity contribution in [2.24, 2.45) is 0 Å². The summed E-state index contributed by atoms with van der Waals surface area (Å²) in [6, 6.07) is 18.9. The van der Waals surface area contributed by atoms with Crippen LogP contribution in [0, 0.1) is 6.92 Å². The van der Waals surface area contributed by atoms with E-state index in [4.69, 9.17) is 18.9 Å². The van der Waals surface area contributed by atoms with Crippen LogP contribution >= 0.6 is 0 Å². The molecule has 6 rings (SSSR count). The van der Waals surface area contributed by atoms with Crippen LogP contribution in [0.1, 0.15) is 16.7 Å². The molecule has 0 unspecified atom stereocenters. The highest BCUT2D eigenvalue weighted by Gasteiger charge is 2.28. The van der Waals surface area contributed by atoms with Gasteiger partial charge < -0.3 is 18.9 Å². The third kappa shape index (κ3) is 3.12. The van der Waals surface area contributed by atoms with Crippen molar-refractivity contribution in [2.45, 2.75) is 26.5 Å². The van der Waals surface area contributed by atoms with E-state index in [0.717, 1.165) is 52.3 Å². The van der Waals surface area contributed by atoms with Crippen LogP contribution in [0.2, 0.25) is 0 Å². The van der Waals surface area contributed by atoms with E-state index in [0.29, 0.717) is 6.61 Å². The fourth-order valence-electron chi connectivity index (χ4n) is 4.55. The van der Waals surface area contributed by atoms with Gasteiger partial charge in [0, 0.05) is 12.5 Å². The first-order chi connectivity index (χ1) is 15.7. The molecule has 4 aromatic rings. The van der Waals surface area contributed by atoms with Crippen LogP contribution in [-0.4, -0.2) is 13.9 Å². The topological polar surface area (TPSA) is 40.8 Å². The number of hydrogen-bond acceptors (Lipinski definition) is 4. The minimum Gasteiger partial charge on any atom is -0.493 e. The molecule has 160 valence electrons. The molecule has 1 aromatic heterocycles. The van der Waals surface area contributed by atoms with E-state index in [1.807, 2.05) is 6.07 Å². The van der Waals surface area contributed by atoms with Crippen LogP contribution in [0.25, 0.3) is 22.0 Å². The Balaban J connectivity index is 1.43. The molecule has 0 radical (unpaired) electrons. The number of benzene rings is 3. The molecule has 3 heterocycles. The van der Waals surface area contributed by atoms with Gasteiger partial charge in [-0.05, 0) is 47.7 Å². The Labute approximate surface area is 186 Å². The van der Waals surface area contributed by atoms with Gasteiger partial charge in [0.05, 0.1) is 18.1 Å². The van der Waals surface area contributed by atoms with Crippen molar-refractivity contribution < 1.29 is 23.5 Å². The Morgan fingerprint density at radius 3 is 2.59 bits per heavy atom. The Morgan fingerprint density at radius 1 is 0.969 bits per heavy atom.